The van der Waals surface area contributed by atoms with Gasteiger partial charge in [0.1, 0.15) is 5.65 Å². The van der Waals surface area contributed by atoms with Crippen LogP contribution in [0.2, 0.25) is 0 Å². The van der Waals surface area contributed by atoms with Crippen LogP contribution in [0.3, 0.4) is 0 Å². The standard InChI is InChI=1S/C13H13F2N3O.Al/c14-13(15)2-5-18(6-3-13)12(19)10-7-9-1-4-16-11(9)17-8-10;/h1,4,7-8H,2-3,5-6H2,(H,16,17,19);/q;+1/p-1. The number of aromatic nitrogens is 2. The zero-order valence-electron chi connectivity index (χ0n) is 10.7. The molecule has 4 nitrogen and oxygen atoms in total. The molecule has 0 spiro atoms. The molecule has 2 aromatic rings. The summed E-state index contributed by atoms with van der Waals surface area (Å²) in [7, 11) is 0. The van der Waals surface area contributed by atoms with Crippen molar-refractivity contribution in [1.29, 1.82) is 0 Å². The molecule has 0 aliphatic carbocycles. The number of hydrogen-bond acceptors (Lipinski definition) is 2. The minimum Gasteiger partial charge on any atom is -0.443 e. The molecule has 0 bridgehead atoms. The maximum Gasteiger partial charge on any atom is 0.319 e. The average molecular weight is 291 g/mol. The van der Waals surface area contributed by atoms with Gasteiger partial charge < -0.3 is 8.45 Å². The van der Waals surface area contributed by atoms with Crippen molar-refractivity contribution in [3.63, 3.8) is 0 Å². The second-order valence-electron chi connectivity index (χ2n) is 5.01. The summed E-state index contributed by atoms with van der Waals surface area (Å²) in [5.41, 5.74) is 1.20. The summed E-state index contributed by atoms with van der Waals surface area (Å²) in [5, 5.41) is 0.855. The van der Waals surface area contributed by atoms with Gasteiger partial charge in [0.2, 0.25) is 0 Å². The Morgan fingerprint density at radius 1 is 1.35 bits per heavy atom. The van der Waals surface area contributed by atoms with Gasteiger partial charge in [0, 0.05) is 37.5 Å². The van der Waals surface area contributed by atoms with Gasteiger partial charge in [-0.05, 0) is 18.3 Å². The highest BCUT2D eigenvalue weighted by Gasteiger charge is 2.35. The van der Waals surface area contributed by atoms with E-state index < -0.39 is 5.92 Å². The Morgan fingerprint density at radius 2 is 2.05 bits per heavy atom. The monoisotopic (exact) mass is 291 g/mol. The second-order valence-corrected chi connectivity index (χ2v) is 5.56. The first-order chi connectivity index (χ1) is 9.46. The normalized spacial score (nSPS) is 18.4. The molecule has 1 amide bonds. The lowest BCUT2D eigenvalue weighted by atomic mass is 10.1. The zero-order chi connectivity index (χ0) is 14.3. The molecule has 0 N–H and O–H groups in total. The Kier molecular flexibility index (Phi) is 3.27. The lowest BCUT2D eigenvalue weighted by molar-refractivity contribution is -0.0494. The Morgan fingerprint density at radius 3 is 2.75 bits per heavy atom. The van der Waals surface area contributed by atoms with E-state index in [2.05, 4.69) is 21.5 Å². The second kappa shape index (κ2) is 4.83. The molecule has 3 heterocycles. The summed E-state index contributed by atoms with van der Waals surface area (Å²) in [6, 6.07) is 3.61. The maximum absolute atomic E-state index is 13.1. The first-order valence-electron chi connectivity index (χ1n) is 6.36. The number of halogens is 2. The number of carbonyl (C=O) groups is 1. The number of fused-ring (bicyclic) bond motifs is 1. The smallest absolute Gasteiger partial charge is 0.319 e. The predicted octanol–water partition coefficient (Wildman–Crippen LogP) is 1.84. The van der Waals surface area contributed by atoms with Crippen LogP contribution >= 0.6 is 0 Å². The Balaban J connectivity index is 1.82. The summed E-state index contributed by atoms with van der Waals surface area (Å²) < 4.78 is 28.0. The summed E-state index contributed by atoms with van der Waals surface area (Å²) >= 11 is 2.51. The van der Waals surface area contributed by atoms with E-state index in [1.165, 1.54) is 11.1 Å². The molecule has 0 unspecified atom stereocenters. The molecule has 1 saturated heterocycles. The molecular weight excluding hydrogens is 279 g/mol. The highest BCUT2D eigenvalue weighted by molar-refractivity contribution is 6.11. The number of piperidine rings is 1. The third kappa shape index (κ3) is 2.43. The third-order valence-corrected chi connectivity index (χ3v) is 4.00. The number of carbonyl (C=O) groups excluding carboxylic acids is 1. The van der Waals surface area contributed by atoms with Crippen LogP contribution in [0, 0.1) is 0 Å². The van der Waals surface area contributed by atoms with E-state index in [-0.39, 0.29) is 31.8 Å². The van der Waals surface area contributed by atoms with Gasteiger partial charge in [-0.3, -0.25) is 4.79 Å². The van der Waals surface area contributed by atoms with Crippen LogP contribution in [-0.2, 0) is 0 Å². The van der Waals surface area contributed by atoms with Crippen molar-refractivity contribution in [1.82, 2.24) is 13.4 Å². The summed E-state index contributed by atoms with van der Waals surface area (Å²) in [6.45, 7) is 0.184. The van der Waals surface area contributed by atoms with E-state index in [4.69, 9.17) is 0 Å². The number of hydrogen-bond donors (Lipinski definition) is 0. The van der Waals surface area contributed by atoms with Gasteiger partial charge in [0.15, 0.2) is 0 Å². The lowest BCUT2D eigenvalue weighted by Crippen LogP contribution is -2.42. The van der Waals surface area contributed by atoms with Crippen LogP contribution in [0.15, 0.2) is 24.5 Å². The number of amides is 1. The molecule has 0 aromatic carbocycles. The predicted molar refractivity (Wildman–Crippen MR) is 71.0 cm³/mol. The number of nitrogens with zero attached hydrogens (tertiary/aromatic N) is 3. The fraction of sp³-hybridized carbons (Fsp3) is 0.385. The van der Waals surface area contributed by atoms with Crippen molar-refractivity contribution in [2.75, 3.05) is 13.1 Å². The van der Waals surface area contributed by atoms with E-state index in [0.29, 0.717) is 5.56 Å². The summed E-state index contributed by atoms with van der Waals surface area (Å²) in [6.07, 6.45) is 2.79. The highest BCUT2D eigenvalue weighted by atomic mass is 27.1. The van der Waals surface area contributed by atoms with Crippen molar-refractivity contribution in [2.24, 2.45) is 0 Å². The minimum absolute atomic E-state index is 0.0918. The van der Waals surface area contributed by atoms with Crippen molar-refractivity contribution in [3.05, 3.63) is 30.1 Å². The lowest BCUT2D eigenvalue weighted by Gasteiger charge is -2.31. The molecule has 1 aliphatic heterocycles. The SMILES string of the molecule is O=C(c1cnc2c(cc[n]2[Al])c1)N1CCC(F)(F)CC1. The Hall–Kier alpha value is -1.45. The van der Waals surface area contributed by atoms with Gasteiger partial charge in [-0.15, -0.1) is 0 Å². The van der Waals surface area contributed by atoms with E-state index >= 15 is 0 Å². The largest absolute Gasteiger partial charge is 0.443 e. The van der Waals surface area contributed by atoms with Gasteiger partial charge in [-0.2, -0.15) is 0 Å². The summed E-state index contributed by atoms with van der Waals surface area (Å²) in [4.78, 5) is 18.0. The van der Waals surface area contributed by atoms with Gasteiger partial charge in [0.05, 0.1) is 5.56 Å². The maximum atomic E-state index is 13.1. The van der Waals surface area contributed by atoms with Crippen molar-refractivity contribution in [2.45, 2.75) is 18.8 Å². The van der Waals surface area contributed by atoms with Crippen LogP contribution in [0.5, 0.6) is 0 Å². The third-order valence-electron chi connectivity index (χ3n) is 3.58. The molecule has 2 aromatic heterocycles. The van der Waals surface area contributed by atoms with Crippen molar-refractivity contribution in [3.8, 4) is 0 Å². The quantitative estimate of drug-likeness (QED) is 0.752. The fourth-order valence-electron chi connectivity index (χ4n) is 2.38. The van der Waals surface area contributed by atoms with Gasteiger partial charge >= 0.3 is 16.5 Å². The zero-order valence-corrected chi connectivity index (χ0v) is 11.9. The highest BCUT2D eigenvalue weighted by Crippen LogP contribution is 2.28. The average Bonchev–Trinajstić information content (AvgIpc) is 2.79. The molecule has 102 valence electrons. The molecule has 1 aliphatic rings. The van der Waals surface area contributed by atoms with Crippen LogP contribution in [-0.4, -0.2) is 54.9 Å². The molecule has 1 fully saturated rings. The number of pyridine rings is 1. The Bertz CT molecular complexity index is 661. The first kappa shape index (κ1) is 13.5. The number of likely N-dealkylation sites (tertiary alicyclic amines) is 1. The Labute approximate surface area is 123 Å². The van der Waals surface area contributed by atoms with Crippen LogP contribution in [0.25, 0.3) is 11.0 Å². The first-order valence-corrected chi connectivity index (χ1v) is 6.87. The van der Waals surface area contributed by atoms with Gasteiger partial charge in [0.25, 0.3) is 11.8 Å². The van der Waals surface area contributed by atoms with Gasteiger partial charge in [-0.25, -0.2) is 13.8 Å². The summed E-state index contributed by atoms with van der Waals surface area (Å²) in [5.74, 6) is -2.87. The minimum atomic E-state index is -2.64. The van der Waals surface area contributed by atoms with Crippen LogP contribution < -0.4 is 0 Å². The molecule has 7 heteroatoms. The molecule has 0 saturated carbocycles. The molecule has 20 heavy (non-hydrogen) atoms. The van der Waals surface area contributed by atoms with Crippen LogP contribution in [0.4, 0.5) is 8.78 Å². The van der Waals surface area contributed by atoms with E-state index in [1.807, 2.05) is 12.3 Å². The van der Waals surface area contributed by atoms with Crippen LogP contribution in [0.1, 0.15) is 23.2 Å². The number of rotatable bonds is 1. The van der Waals surface area contributed by atoms with Crippen molar-refractivity contribution >= 4 is 33.5 Å². The molecule has 2 radical (unpaired) electrons. The number of alkyl halides is 2. The molecule has 0 atom stereocenters. The van der Waals surface area contributed by atoms with Gasteiger partial charge in [-0.1, -0.05) is 0 Å². The van der Waals surface area contributed by atoms with E-state index in [1.54, 1.807) is 9.62 Å². The molecular formula is C13H12AlF2N3O. The van der Waals surface area contributed by atoms with Crippen molar-refractivity contribution < 1.29 is 13.6 Å². The topological polar surface area (TPSA) is 38.1 Å². The fourth-order valence-corrected chi connectivity index (χ4v) is 2.68. The van der Waals surface area contributed by atoms with E-state index in [0.717, 1.165) is 11.0 Å². The molecule has 3 rings (SSSR count). The van der Waals surface area contributed by atoms with E-state index in [9.17, 15) is 13.6 Å².